The van der Waals surface area contributed by atoms with E-state index in [1.54, 1.807) is 6.92 Å². The maximum absolute atomic E-state index is 12.2. The highest BCUT2D eigenvalue weighted by Crippen LogP contribution is 2.27. The molecule has 2 nitrogen and oxygen atoms in total. The second-order valence-corrected chi connectivity index (χ2v) is 3.35. The molecule has 0 spiro atoms. The fraction of sp³-hybridized carbons (Fsp3) is 0.273. The first-order valence-electron chi connectivity index (χ1n) is 4.51. The lowest BCUT2D eigenvalue weighted by Gasteiger charge is -2.06. The van der Waals surface area contributed by atoms with E-state index in [4.69, 9.17) is 5.26 Å². The third kappa shape index (κ3) is 3.39. The van der Waals surface area contributed by atoms with Crippen molar-refractivity contribution in [2.45, 2.75) is 19.5 Å². The average Bonchev–Trinajstić information content (AvgIpc) is 2.17. The normalized spacial score (nSPS) is 12.3. The van der Waals surface area contributed by atoms with Crippen molar-refractivity contribution in [3.8, 4) is 6.07 Å². The molecule has 0 saturated carbocycles. The molecule has 0 saturated heterocycles. The molecule has 1 aromatic heterocycles. The number of halogens is 3. The maximum atomic E-state index is 12.2. The maximum Gasteiger partial charge on any atom is 0.433 e. The molecule has 0 radical (unpaired) electrons. The van der Waals surface area contributed by atoms with Gasteiger partial charge in [0.25, 0.3) is 0 Å². The van der Waals surface area contributed by atoms with Crippen molar-refractivity contribution >= 4 is 0 Å². The number of nitriles is 1. The molecule has 0 N–H and O–H groups in total. The van der Waals surface area contributed by atoms with E-state index in [2.05, 4.69) is 4.98 Å². The molecule has 0 aliphatic heterocycles. The molecule has 1 aromatic rings. The minimum atomic E-state index is -4.41. The summed E-state index contributed by atoms with van der Waals surface area (Å²) in [5.74, 6) is 0. The van der Waals surface area contributed by atoms with Gasteiger partial charge in [-0.25, -0.2) is 0 Å². The molecule has 0 fully saturated rings. The van der Waals surface area contributed by atoms with Gasteiger partial charge in [-0.3, -0.25) is 4.98 Å². The van der Waals surface area contributed by atoms with Crippen molar-refractivity contribution in [2.24, 2.45) is 0 Å². The van der Waals surface area contributed by atoms with Crippen LogP contribution in [0.2, 0.25) is 0 Å². The summed E-state index contributed by atoms with van der Waals surface area (Å²) >= 11 is 0. The van der Waals surface area contributed by atoms with Gasteiger partial charge < -0.3 is 0 Å². The zero-order valence-corrected chi connectivity index (χ0v) is 8.54. The van der Waals surface area contributed by atoms with Gasteiger partial charge in [0, 0.05) is 12.3 Å². The van der Waals surface area contributed by atoms with E-state index in [9.17, 15) is 13.2 Å². The van der Waals surface area contributed by atoms with Gasteiger partial charge in [0.2, 0.25) is 0 Å². The van der Waals surface area contributed by atoms with Crippen LogP contribution in [0.25, 0.3) is 0 Å². The zero-order chi connectivity index (χ0) is 12.2. The molecule has 5 heteroatoms. The SMILES string of the molecule is C/C(=C\C#N)Cc1ccc(C(F)(F)F)nc1. The van der Waals surface area contributed by atoms with Crippen LogP contribution in [0.15, 0.2) is 30.0 Å². The number of rotatable bonds is 2. The minimum Gasteiger partial charge on any atom is -0.251 e. The summed E-state index contributed by atoms with van der Waals surface area (Å²) in [4.78, 5) is 3.33. The Kier molecular flexibility index (Phi) is 3.67. The van der Waals surface area contributed by atoms with E-state index in [1.807, 2.05) is 6.07 Å². The Bertz CT molecular complexity index is 424. The molecular formula is C11H9F3N2. The molecule has 16 heavy (non-hydrogen) atoms. The van der Waals surface area contributed by atoms with Crippen molar-refractivity contribution in [3.05, 3.63) is 41.2 Å². The fourth-order valence-electron chi connectivity index (χ4n) is 1.18. The lowest BCUT2D eigenvalue weighted by molar-refractivity contribution is -0.141. The highest BCUT2D eigenvalue weighted by atomic mass is 19.4. The zero-order valence-electron chi connectivity index (χ0n) is 8.54. The van der Waals surface area contributed by atoms with Crippen molar-refractivity contribution in [2.75, 3.05) is 0 Å². The molecule has 0 aliphatic rings. The number of pyridine rings is 1. The van der Waals surface area contributed by atoms with Crippen LogP contribution >= 0.6 is 0 Å². The van der Waals surface area contributed by atoms with Crippen molar-refractivity contribution in [1.82, 2.24) is 4.98 Å². The number of nitrogens with zero attached hydrogens (tertiary/aromatic N) is 2. The van der Waals surface area contributed by atoms with Crippen LogP contribution in [-0.2, 0) is 12.6 Å². The second-order valence-electron chi connectivity index (χ2n) is 3.35. The van der Waals surface area contributed by atoms with Gasteiger partial charge in [-0.15, -0.1) is 0 Å². The van der Waals surface area contributed by atoms with Gasteiger partial charge in [-0.2, -0.15) is 18.4 Å². The van der Waals surface area contributed by atoms with Crippen LogP contribution in [0.4, 0.5) is 13.2 Å². The summed E-state index contributed by atoms with van der Waals surface area (Å²) in [6, 6.07) is 4.17. The van der Waals surface area contributed by atoms with E-state index in [1.165, 1.54) is 18.3 Å². The minimum absolute atomic E-state index is 0.429. The summed E-state index contributed by atoms with van der Waals surface area (Å²) in [5.41, 5.74) is 0.527. The second kappa shape index (κ2) is 4.79. The monoisotopic (exact) mass is 226 g/mol. The Hall–Kier alpha value is -1.83. The van der Waals surface area contributed by atoms with Gasteiger partial charge in [0.05, 0.1) is 6.07 Å². The Balaban J connectivity index is 2.81. The summed E-state index contributed by atoms with van der Waals surface area (Å²) in [7, 11) is 0. The Labute approximate surface area is 91.0 Å². The van der Waals surface area contributed by atoms with E-state index in [0.29, 0.717) is 12.0 Å². The first kappa shape index (κ1) is 12.2. The van der Waals surface area contributed by atoms with Gasteiger partial charge in [0.15, 0.2) is 0 Å². The van der Waals surface area contributed by atoms with Crippen molar-refractivity contribution in [3.63, 3.8) is 0 Å². The quantitative estimate of drug-likeness (QED) is 0.726. The molecule has 1 rings (SSSR count). The van der Waals surface area contributed by atoms with Crippen LogP contribution in [0.3, 0.4) is 0 Å². The fourth-order valence-corrected chi connectivity index (χ4v) is 1.18. The number of hydrogen-bond donors (Lipinski definition) is 0. The standard InChI is InChI=1S/C11H9F3N2/c1-8(4-5-15)6-9-2-3-10(16-7-9)11(12,13)14/h2-4,7H,6H2,1H3/b8-4+. The lowest BCUT2D eigenvalue weighted by Crippen LogP contribution is -2.07. The average molecular weight is 226 g/mol. The smallest absolute Gasteiger partial charge is 0.251 e. The third-order valence-electron chi connectivity index (χ3n) is 1.91. The Morgan fingerprint density at radius 2 is 2.19 bits per heavy atom. The predicted octanol–water partition coefficient (Wildman–Crippen LogP) is 3.11. The summed E-state index contributed by atoms with van der Waals surface area (Å²) < 4.78 is 36.6. The van der Waals surface area contributed by atoms with Gasteiger partial charge in [0.1, 0.15) is 5.69 Å². The van der Waals surface area contributed by atoms with Crippen molar-refractivity contribution < 1.29 is 13.2 Å². The van der Waals surface area contributed by atoms with E-state index < -0.39 is 11.9 Å². The summed E-state index contributed by atoms with van der Waals surface area (Å²) in [6.07, 6.45) is -1.44. The molecule has 1 heterocycles. The molecule has 0 atom stereocenters. The Morgan fingerprint density at radius 3 is 2.62 bits per heavy atom. The van der Waals surface area contributed by atoms with Crippen LogP contribution in [0, 0.1) is 11.3 Å². The number of allylic oxidation sites excluding steroid dienone is 2. The molecule has 0 amide bonds. The van der Waals surface area contributed by atoms with Gasteiger partial charge >= 0.3 is 6.18 Å². The highest BCUT2D eigenvalue weighted by molar-refractivity contribution is 5.23. The lowest BCUT2D eigenvalue weighted by atomic mass is 10.1. The molecular weight excluding hydrogens is 217 g/mol. The number of hydrogen-bond acceptors (Lipinski definition) is 2. The largest absolute Gasteiger partial charge is 0.433 e. The molecule has 84 valence electrons. The van der Waals surface area contributed by atoms with Crippen LogP contribution in [0.1, 0.15) is 18.2 Å². The molecule has 0 aliphatic carbocycles. The van der Waals surface area contributed by atoms with Crippen molar-refractivity contribution in [1.29, 1.82) is 5.26 Å². The van der Waals surface area contributed by atoms with E-state index in [0.717, 1.165) is 11.6 Å². The summed E-state index contributed by atoms with van der Waals surface area (Å²) in [6.45, 7) is 1.74. The van der Waals surface area contributed by atoms with E-state index in [-0.39, 0.29) is 0 Å². The molecule has 0 aromatic carbocycles. The highest BCUT2D eigenvalue weighted by Gasteiger charge is 2.31. The molecule has 0 unspecified atom stereocenters. The number of aromatic nitrogens is 1. The topological polar surface area (TPSA) is 36.7 Å². The predicted molar refractivity (Wildman–Crippen MR) is 52.3 cm³/mol. The molecule has 0 bridgehead atoms. The van der Waals surface area contributed by atoms with E-state index >= 15 is 0 Å². The first-order valence-corrected chi connectivity index (χ1v) is 4.51. The van der Waals surface area contributed by atoms with Crippen LogP contribution in [0.5, 0.6) is 0 Å². The van der Waals surface area contributed by atoms with Crippen LogP contribution in [-0.4, -0.2) is 4.98 Å². The Morgan fingerprint density at radius 1 is 1.50 bits per heavy atom. The summed E-state index contributed by atoms with van der Waals surface area (Å²) in [5, 5.41) is 8.37. The van der Waals surface area contributed by atoms with Gasteiger partial charge in [-0.05, 0) is 25.0 Å². The third-order valence-corrected chi connectivity index (χ3v) is 1.91. The van der Waals surface area contributed by atoms with Crippen LogP contribution < -0.4 is 0 Å². The first-order chi connectivity index (χ1) is 7.43. The van der Waals surface area contributed by atoms with Gasteiger partial charge in [-0.1, -0.05) is 11.6 Å². The number of alkyl halides is 3.